The van der Waals surface area contributed by atoms with Gasteiger partial charge in [0.1, 0.15) is 0 Å². The lowest BCUT2D eigenvalue weighted by molar-refractivity contribution is 0.0945. The van der Waals surface area contributed by atoms with E-state index in [-0.39, 0.29) is 17.3 Å². The molecular formula is C22H29N9O5. The smallest absolute Gasteiger partial charge is 0.293 e. The Balaban J connectivity index is 1.60. The number of carbonyl (C=O) groups is 1. The molecule has 3 heterocycles. The van der Waals surface area contributed by atoms with Gasteiger partial charge in [0, 0.05) is 18.2 Å². The van der Waals surface area contributed by atoms with E-state index in [1.807, 2.05) is 0 Å². The van der Waals surface area contributed by atoms with Crippen LogP contribution >= 0.6 is 0 Å². The van der Waals surface area contributed by atoms with Gasteiger partial charge in [-0.1, -0.05) is 11.6 Å². The monoisotopic (exact) mass is 499 g/mol. The summed E-state index contributed by atoms with van der Waals surface area (Å²) in [5.41, 5.74) is 9.55. The highest BCUT2D eigenvalue weighted by molar-refractivity contribution is 5.94. The highest BCUT2D eigenvalue weighted by atomic mass is 16.6. The number of hydrazone groups is 1. The molecule has 0 radical (unpaired) electrons. The van der Waals surface area contributed by atoms with Crippen molar-refractivity contribution in [3.05, 3.63) is 29.1 Å². The fourth-order valence-electron chi connectivity index (χ4n) is 4.15. The SMILES string of the molecule is COc1ccc(/C=N\NC(=O)c2nnn(-c3nonc3N)c2CN2CCCCC2C)c(OC)c1OC. The summed E-state index contributed by atoms with van der Waals surface area (Å²) in [4.78, 5) is 15.4. The number of methoxy groups -OCH3 is 3. The number of amides is 1. The molecule has 1 saturated heterocycles. The molecule has 0 saturated carbocycles. The van der Waals surface area contributed by atoms with Gasteiger partial charge in [-0.15, -0.1) is 5.10 Å². The molecule has 1 aliphatic heterocycles. The first-order chi connectivity index (χ1) is 17.5. The third-order valence-electron chi connectivity index (χ3n) is 6.07. The molecule has 192 valence electrons. The molecule has 2 aromatic heterocycles. The summed E-state index contributed by atoms with van der Waals surface area (Å²) in [5.74, 6) is 0.986. The Hall–Kier alpha value is -4.20. The average molecular weight is 500 g/mol. The summed E-state index contributed by atoms with van der Waals surface area (Å²) >= 11 is 0. The summed E-state index contributed by atoms with van der Waals surface area (Å²) in [6, 6.07) is 3.78. The van der Waals surface area contributed by atoms with Crippen molar-refractivity contribution in [1.29, 1.82) is 0 Å². The van der Waals surface area contributed by atoms with E-state index in [0.717, 1.165) is 25.8 Å². The van der Waals surface area contributed by atoms with Gasteiger partial charge in [0.2, 0.25) is 17.4 Å². The molecule has 3 N–H and O–H groups in total. The van der Waals surface area contributed by atoms with Gasteiger partial charge in [-0.2, -0.15) is 9.78 Å². The number of hydrogen-bond donors (Lipinski definition) is 2. The van der Waals surface area contributed by atoms with Gasteiger partial charge in [-0.3, -0.25) is 9.69 Å². The second-order valence-electron chi connectivity index (χ2n) is 8.21. The molecule has 14 nitrogen and oxygen atoms in total. The molecule has 1 atom stereocenters. The number of piperidine rings is 1. The maximum Gasteiger partial charge on any atom is 0.293 e. The summed E-state index contributed by atoms with van der Waals surface area (Å²) in [6.07, 6.45) is 4.73. The molecule has 0 aliphatic carbocycles. The number of nitrogens with two attached hydrogens (primary N) is 1. The van der Waals surface area contributed by atoms with Crippen LogP contribution in [0, 0.1) is 0 Å². The topological polar surface area (TPSA) is 168 Å². The zero-order chi connectivity index (χ0) is 25.7. The summed E-state index contributed by atoms with van der Waals surface area (Å²) in [7, 11) is 4.54. The molecule has 1 fully saturated rings. The zero-order valence-corrected chi connectivity index (χ0v) is 20.6. The van der Waals surface area contributed by atoms with Crippen molar-refractivity contribution in [1.82, 2.24) is 35.6 Å². The van der Waals surface area contributed by atoms with E-state index in [2.05, 4.69) is 43.0 Å². The van der Waals surface area contributed by atoms with Gasteiger partial charge in [0.15, 0.2) is 17.2 Å². The molecular weight excluding hydrogens is 470 g/mol. The number of benzene rings is 1. The highest BCUT2D eigenvalue weighted by Gasteiger charge is 2.28. The second kappa shape index (κ2) is 11.0. The molecule has 1 aromatic carbocycles. The quantitative estimate of drug-likeness (QED) is 0.322. The fraction of sp³-hybridized carbons (Fsp3) is 0.455. The van der Waals surface area contributed by atoms with Gasteiger partial charge in [0.25, 0.3) is 5.91 Å². The Labute approximate surface area is 207 Å². The number of anilines is 1. The van der Waals surface area contributed by atoms with Crippen LogP contribution in [0.1, 0.15) is 47.9 Å². The van der Waals surface area contributed by atoms with Crippen LogP contribution in [0.2, 0.25) is 0 Å². The van der Waals surface area contributed by atoms with Gasteiger partial charge < -0.3 is 19.9 Å². The lowest BCUT2D eigenvalue weighted by atomic mass is 10.0. The van der Waals surface area contributed by atoms with E-state index < -0.39 is 5.91 Å². The molecule has 14 heteroatoms. The third kappa shape index (κ3) is 4.93. The van der Waals surface area contributed by atoms with Crippen molar-refractivity contribution in [2.75, 3.05) is 33.6 Å². The van der Waals surface area contributed by atoms with E-state index >= 15 is 0 Å². The number of nitrogens with zero attached hydrogens (tertiary/aromatic N) is 7. The minimum Gasteiger partial charge on any atom is -0.493 e. The molecule has 1 amide bonds. The highest BCUT2D eigenvalue weighted by Crippen LogP contribution is 2.39. The normalized spacial score (nSPS) is 16.3. The van der Waals surface area contributed by atoms with Crippen molar-refractivity contribution in [2.45, 2.75) is 38.8 Å². The van der Waals surface area contributed by atoms with Crippen LogP contribution in [0.5, 0.6) is 17.2 Å². The van der Waals surface area contributed by atoms with Crippen molar-refractivity contribution in [3.63, 3.8) is 0 Å². The van der Waals surface area contributed by atoms with Crippen molar-refractivity contribution in [2.24, 2.45) is 5.10 Å². The van der Waals surface area contributed by atoms with Crippen molar-refractivity contribution in [3.8, 4) is 23.1 Å². The lowest BCUT2D eigenvalue weighted by Crippen LogP contribution is -2.38. The number of nitrogens with one attached hydrogen (secondary N) is 1. The van der Waals surface area contributed by atoms with E-state index in [4.69, 9.17) is 24.6 Å². The minimum absolute atomic E-state index is 0.0402. The summed E-state index contributed by atoms with van der Waals surface area (Å²) in [6.45, 7) is 3.45. The number of rotatable bonds is 9. The van der Waals surface area contributed by atoms with Gasteiger partial charge >= 0.3 is 0 Å². The maximum absolute atomic E-state index is 13.1. The molecule has 3 aromatic rings. The average Bonchev–Trinajstić information content (AvgIpc) is 3.50. The van der Waals surface area contributed by atoms with E-state index in [1.54, 1.807) is 12.1 Å². The lowest BCUT2D eigenvalue weighted by Gasteiger charge is -2.33. The number of likely N-dealkylation sites (tertiary alicyclic amines) is 1. The molecule has 1 aliphatic rings. The first-order valence-corrected chi connectivity index (χ1v) is 11.4. The van der Waals surface area contributed by atoms with Crippen LogP contribution in [0.25, 0.3) is 5.82 Å². The Morgan fingerprint density at radius 1 is 1.22 bits per heavy atom. The fourth-order valence-corrected chi connectivity index (χ4v) is 4.15. The molecule has 36 heavy (non-hydrogen) atoms. The first-order valence-electron chi connectivity index (χ1n) is 11.4. The number of hydrogen-bond acceptors (Lipinski definition) is 12. The Morgan fingerprint density at radius 3 is 2.69 bits per heavy atom. The number of carbonyl (C=O) groups excluding carboxylic acids is 1. The number of aromatic nitrogens is 5. The van der Waals surface area contributed by atoms with Gasteiger partial charge in [0.05, 0.1) is 33.2 Å². The van der Waals surface area contributed by atoms with E-state index in [1.165, 1.54) is 32.2 Å². The molecule has 1 unspecified atom stereocenters. The molecule has 0 bridgehead atoms. The largest absolute Gasteiger partial charge is 0.493 e. The summed E-state index contributed by atoms with van der Waals surface area (Å²) < 4.78 is 22.2. The molecule has 4 rings (SSSR count). The second-order valence-corrected chi connectivity index (χ2v) is 8.21. The minimum atomic E-state index is -0.549. The molecule has 0 spiro atoms. The van der Waals surface area contributed by atoms with Crippen LogP contribution in [0.3, 0.4) is 0 Å². The van der Waals surface area contributed by atoms with Crippen molar-refractivity contribution < 1.29 is 23.6 Å². The van der Waals surface area contributed by atoms with Crippen LogP contribution in [0.15, 0.2) is 21.9 Å². The Bertz CT molecular complexity index is 1240. The van der Waals surface area contributed by atoms with Crippen LogP contribution in [-0.4, -0.2) is 76.2 Å². The predicted molar refractivity (Wildman–Crippen MR) is 129 cm³/mol. The first kappa shape index (κ1) is 24.9. The predicted octanol–water partition coefficient (Wildman–Crippen LogP) is 1.40. The van der Waals surface area contributed by atoms with Crippen LogP contribution in [-0.2, 0) is 6.54 Å². The summed E-state index contributed by atoms with van der Waals surface area (Å²) in [5, 5.41) is 19.7. The Morgan fingerprint density at radius 2 is 2.03 bits per heavy atom. The maximum atomic E-state index is 13.1. The van der Waals surface area contributed by atoms with E-state index in [0.29, 0.717) is 41.1 Å². The van der Waals surface area contributed by atoms with Crippen molar-refractivity contribution >= 4 is 17.9 Å². The van der Waals surface area contributed by atoms with Crippen LogP contribution < -0.4 is 25.4 Å². The standard InChI is InChI=1S/C22H29N9O5/c1-13-7-5-6-10-30(13)12-15-17(25-29-31(15)21-20(23)27-36-28-21)22(32)26-24-11-14-8-9-16(33-2)19(35-4)18(14)34-3/h8-9,11,13H,5-7,10,12H2,1-4H3,(H2,23,27)(H,26,32)/b24-11-. The Kier molecular flexibility index (Phi) is 7.63. The third-order valence-corrected chi connectivity index (χ3v) is 6.07. The number of ether oxygens (including phenoxy) is 3. The number of nitrogen functional groups attached to an aromatic ring is 1. The van der Waals surface area contributed by atoms with E-state index in [9.17, 15) is 4.79 Å². The zero-order valence-electron chi connectivity index (χ0n) is 20.6. The van der Waals surface area contributed by atoms with Gasteiger partial charge in [-0.25, -0.2) is 10.1 Å². The van der Waals surface area contributed by atoms with Gasteiger partial charge in [-0.05, 0) is 48.8 Å². The van der Waals surface area contributed by atoms with Crippen LogP contribution in [0.4, 0.5) is 5.82 Å².